The largest absolute Gasteiger partial charge is 0.398 e. The number of nitrogen functional groups attached to an aromatic ring is 1. The van der Waals surface area contributed by atoms with Crippen LogP contribution in [0.25, 0.3) is 0 Å². The Bertz CT molecular complexity index is 1220. The minimum atomic E-state index is -0.567. The van der Waals surface area contributed by atoms with Crippen molar-refractivity contribution in [1.82, 2.24) is 0 Å². The van der Waals surface area contributed by atoms with Crippen LogP contribution in [0.4, 0.5) is 17.1 Å². The predicted octanol–water partition coefficient (Wildman–Crippen LogP) is 3.20. The molecule has 4 rings (SSSR count). The van der Waals surface area contributed by atoms with E-state index in [-0.39, 0.29) is 50.7 Å². The van der Waals surface area contributed by atoms with Gasteiger partial charge < -0.3 is 11.1 Å². The molecule has 0 aliphatic heterocycles. The van der Waals surface area contributed by atoms with Gasteiger partial charge in [0.05, 0.1) is 21.7 Å². The van der Waals surface area contributed by atoms with E-state index >= 15 is 0 Å². The second-order valence-corrected chi connectivity index (χ2v) is 6.41. The van der Waals surface area contributed by atoms with E-state index < -0.39 is 16.6 Å². The third-order valence-corrected chi connectivity index (χ3v) is 4.69. The molecular formula is C21H13N3O5. The van der Waals surface area contributed by atoms with Crippen LogP contribution in [0.3, 0.4) is 0 Å². The molecule has 0 fully saturated rings. The highest BCUT2D eigenvalue weighted by atomic mass is 16.6. The Morgan fingerprint density at radius 2 is 1.45 bits per heavy atom. The molecule has 29 heavy (non-hydrogen) atoms. The molecule has 0 aromatic heterocycles. The van der Waals surface area contributed by atoms with E-state index in [0.29, 0.717) is 0 Å². The third kappa shape index (κ3) is 2.92. The molecule has 0 saturated heterocycles. The number of rotatable bonds is 3. The van der Waals surface area contributed by atoms with Crippen molar-refractivity contribution >= 4 is 34.5 Å². The predicted molar refractivity (Wildman–Crippen MR) is 105 cm³/mol. The molecule has 8 heteroatoms. The first-order valence-corrected chi connectivity index (χ1v) is 8.55. The molecule has 0 spiro atoms. The number of ketones is 2. The van der Waals surface area contributed by atoms with Crippen LogP contribution in [-0.2, 0) is 0 Å². The van der Waals surface area contributed by atoms with E-state index in [1.807, 2.05) is 0 Å². The van der Waals surface area contributed by atoms with Gasteiger partial charge in [0.25, 0.3) is 11.6 Å². The number of amides is 1. The number of carbonyl (C=O) groups is 3. The smallest absolute Gasteiger partial charge is 0.269 e. The lowest BCUT2D eigenvalue weighted by Gasteiger charge is -2.21. The summed E-state index contributed by atoms with van der Waals surface area (Å²) in [6.45, 7) is 0. The van der Waals surface area contributed by atoms with Crippen molar-refractivity contribution in [3.05, 3.63) is 98.6 Å². The number of fused-ring (bicyclic) bond motifs is 2. The van der Waals surface area contributed by atoms with Crippen LogP contribution >= 0.6 is 0 Å². The van der Waals surface area contributed by atoms with Gasteiger partial charge in [-0.1, -0.05) is 24.3 Å². The molecule has 3 N–H and O–H groups in total. The van der Waals surface area contributed by atoms with Crippen molar-refractivity contribution < 1.29 is 19.3 Å². The average molecular weight is 387 g/mol. The zero-order valence-electron chi connectivity index (χ0n) is 14.8. The number of carbonyl (C=O) groups excluding carboxylic acids is 3. The molecule has 3 aromatic carbocycles. The zero-order chi connectivity index (χ0) is 20.7. The number of nitrogens with one attached hydrogen (secondary N) is 1. The van der Waals surface area contributed by atoms with Crippen LogP contribution in [0.15, 0.2) is 60.7 Å². The topological polar surface area (TPSA) is 132 Å². The van der Waals surface area contributed by atoms with E-state index in [2.05, 4.69) is 5.32 Å². The highest BCUT2D eigenvalue weighted by Crippen LogP contribution is 2.34. The molecule has 0 unspecified atom stereocenters. The summed E-state index contributed by atoms with van der Waals surface area (Å²) in [6, 6.07) is 14.3. The number of nitro benzene ring substituents is 1. The van der Waals surface area contributed by atoms with Crippen LogP contribution in [0.2, 0.25) is 0 Å². The number of hydrogen-bond acceptors (Lipinski definition) is 6. The summed E-state index contributed by atoms with van der Waals surface area (Å²) >= 11 is 0. The van der Waals surface area contributed by atoms with Gasteiger partial charge >= 0.3 is 0 Å². The van der Waals surface area contributed by atoms with Gasteiger partial charge in [-0.05, 0) is 24.3 Å². The van der Waals surface area contributed by atoms with Gasteiger partial charge in [0.2, 0.25) is 0 Å². The van der Waals surface area contributed by atoms with Crippen LogP contribution in [0.1, 0.15) is 42.2 Å². The summed E-state index contributed by atoms with van der Waals surface area (Å²) in [6.07, 6.45) is 0. The normalized spacial score (nSPS) is 12.1. The molecule has 1 amide bonds. The molecular weight excluding hydrogens is 374 g/mol. The molecule has 8 nitrogen and oxygen atoms in total. The van der Waals surface area contributed by atoms with E-state index in [0.717, 1.165) is 0 Å². The lowest BCUT2D eigenvalue weighted by Crippen LogP contribution is -2.25. The second kappa shape index (κ2) is 6.68. The molecule has 3 aromatic rings. The van der Waals surface area contributed by atoms with Crippen molar-refractivity contribution in [2.24, 2.45) is 0 Å². The molecule has 0 heterocycles. The van der Waals surface area contributed by atoms with Gasteiger partial charge in [-0.2, -0.15) is 0 Å². The number of nitrogens with zero attached hydrogens (tertiary/aromatic N) is 1. The minimum Gasteiger partial charge on any atom is -0.398 e. The van der Waals surface area contributed by atoms with E-state index in [1.165, 1.54) is 42.5 Å². The fraction of sp³-hybridized carbons (Fsp3) is 0. The maximum Gasteiger partial charge on any atom is 0.269 e. The Kier molecular flexibility index (Phi) is 4.16. The Morgan fingerprint density at radius 1 is 0.862 bits per heavy atom. The molecule has 1 aliphatic carbocycles. The van der Waals surface area contributed by atoms with Crippen molar-refractivity contribution in [1.29, 1.82) is 0 Å². The molecule has 142 valence electrons. The van der Waals surface area contributed by atoms with Crippen LogP contribution in [-0.4, -0.2) is 22.4 Å². The highest BCUT2D eigenvalue weighted by molar-refractivity contribution is 6.32. The Hall–Kier alpha value is -4.33. The first-order chi connectivity index (χ1) is 13.9. The van der Waals surface area contributed by atoms with Gasteiger partial charge in [0.1, 0.15) is 0 Å². The standard InChI is InChI=1S/C21H13N3O5/c22-15-5-1-3-13-17(15)19(25)14-4-2-6-16(18(14)20(13)26)23-21(27)11-7-9-12(10-8-11)24(28)29/h1-10H,22H2,(H,23,27). The molecule has 0 atom stereocenters. The van der Waals surface area contributed by atoms with Gasteiger partial charge in [-0.25, -0.2) is 0 Å². The van der Waals surface area contributed by atoms with Crippen molar-refractivity contribution in [3.63, 3.8) is 0 Å². The van der Waals surface area contributed by atoms with E-state index in [1.54, 1.807) is 18.2 Å². The lowest BCUT2D eigenvalue weighted by atomic mass is 9.82. The van der Waals surface area contributed by atoms with Crippen molar-refractivity contribution in [2.75, 3.05) is 11.1 Å². The number of hydrogen-bond donors (Lipinski definition) is 2. The van der Waals surface area contributed by atoms with E-state index in [9.17, 15) is 24.5 Å². The first-order valence-electron chi connectivity index (χ1n) is 8.55. The summed E-state index contributed by atoms with van der Waals surface area (Å²) in [4.78, 5) is 48.7. The Labute approximate surface area is 164 Å². The highest BCUT2D eigenvalue weighted by Gasteiger charge is 2.33. The maximum atomic E-state index is 13.0. The van der Waals surface area contributed by atoms with E-state index in [4.69, 9.17) is 5.73 Å². The summed E-state index contributed by atoms with van der Waals surface area (Å²) in [5.41, 5.74) is 6.89. The Morgan fingerprint density at radius 3 is 2.10 bits per heavy atom. The SMILES string of the molecule is Nc1cccc2c1C(=O)c1cccc(NC(=O)c3ccc([N+](=O)[O-])cc3)c1C2=O. The first kappa shape index (κ1) is 18.1. The van der Waals surface area contributed by atoms with Gasteiger partial charge in [0.15, 0.2) is 11.6 Å². The minimum absolute atomic E-state index is 0.0888. The van der Waals surface area contributed by atoms with Crippen LogP contribution in [0, 0.1) is 10.1 Å². The van der Waals surface area contributed by atoms with Crippen LogP contribution < -0.4 is 11.1 Å². The summed E-state index contributed by atoms with van der Waals surface area (Å²) < 4.78 is 0. The third-order valence-electron chi connectivity index (χ3n) is 4.69. The molecule has 1 aliphatic rings. The number of non-ortho nitro benzene ring substituents is 1. The maximum absolute atomic E-state index is 13.0. The quantitative estimate of drug-likeness (QED) is 0.315. The number of nitro groups is 1. The van der Waals surface area contributed by atoms with Gasteiger partial charge in [-0.3, -0.25) is 24.5 Å². The number of anilines is 2. The zero-order valence-corrected chi connectivity index (χ0v) is 14.8. The molecule has 0 saturated carbocycles. The molecule has 0 radical (unpaired) electrons. The lowest BCUT2D eigenvalue weighted by molar-refractivity contribution is -0.384. The Balaban J connectivity index is 1.73. The second-order valence-electron chi connectivity index (χ2n) is 6.41. The van der Waals surface area contributed by atoms with Gasteiger partial charge in [-0.15, -0.1) is 0 Å². The fourth-order valence-corrected chi connectivity index (χ4v) is 3.30. The van der Waals surface area contributed by atoms with Crippen molar-refractivity contribution in [3.8, 4) is 0 Å². The van der Waals surface area contributed by atoms with Crippen LogP contribution in [0.5, 0.6) is 0 Å². The summed E-state index contributed by atoms with van der Waals surface area (Å²) in [5.74, 6) is -1.37. The monoisotopic (exact) mass is 387 g/mol. The fourth-order valence-electron chi connectivity index (χ4n) is 3.30. The molecule has 0 bridgehead atoms. The average Bonchev–Trinajstić information content (AvgIpc) is 2.71. The summed E-state index contributed by atoms with van der Waals surface area (Å²) in [7, 11) is 0. The van der Waals surface area contributed by atoms with Gasteiger partial charge in [0, 0.05) is 34.5 Å². The number of nitrogens with two attached hydrogens (primary N) is 1. The summed E-state index contributed by atoms with van der Waals surface area (Å²) in [5, 5.41) is 13.4. The van der Waals surface area contributed by atoms with Crippen molar-refractivity contribution in [2.45, 2.75) is 0 Å². The number of benzene rings is 3.